The van der Waals surface area contributed by atoms with Gasteiger partial charge in [-0.1, -0.05) is 78.1 Å². The minimum atomic E-state index is -0.265. The summed E-state index contributed by atoms with van der Waals surface area (Å²) >= 11 is 3.28. The SMILES string of the molecule is Cc1nn(-c2nc3ccccc3s2)c2c1C(c1ccc(F)cc1)C(c1nc3ccccc3s1)=C(c1ccccc1)N2. The van der Waals surface area contributed by atoms with Crippen molar-refractivity contribution in [1.29, 1.82) is 0 Å². The summed E-state index contributed by atoms with van der Waals surface area (Å²) in [5, 5.41) is 10.5. The third-order valence-corrected chi connectivity index (χ3v) is 9.53. The molecule has 0 saturated carbocycles. The first-order valence-electron chi connectivity index (χ1n) is 13.3. The van der Waals surface area contributed by atoms with Gasteiger partial charge in [0.15, 0.2) is 0 Å². The Balaban J connectivity index is 1.43. The van der Waals surface area contributed by atoms with Crippen LogP contribution in [0.5, 0.6) is 0 Å². The van der Waals surface area contributed by atoms with Gasteiger partial charge in [-0.3, -0.25) is 0 Å². The summed E-state index contributed by atoms with van der Waals surface area (Å²) in [5.74, 6) is 0.365. The van der Waals surface area contributed by atoms with Gasteiger partial charge in [0.2, 0.25) is 5.13 Å². The van der Waals surface area contributed by atoms with Gasteiger partial charge in [-0.2, -0.15) is 9.78 Å². The van der Waals surface area contributed by atoms with E-state index in [-0.39, 0.29) is 11.7 Å². The van der Waals surface area contributed by atoms with E-state index in [1.54, 1.807) is 22.7 Å². The summed E-state index contributed by atoms with van der Waals surface area (Å²) in [6, 6.07) is 33.4. The molecule has 5 nitrogen and oxygen atoms in total. The van der Waals surface area contributed by atoms with Crippen LogP contribution in [-0.2, 0) is 0 Å². The van der Waals surface area contributed by atoms with Crippen LogP contribution in [0.25, 0.3) is 36.8 Å². The van der Waals surface area contributed by atoms with Gasteiger partial charge < -0.3 is 5.32 Å². The van der Waals surface area contributed by atoms with Crippen molar-refractivity contribution in [1.82, 2.24) is 19.7 Å². The van der Waals surface area contributed by atoms with E-state index in [2.05, 4.69) is 29.6 Å². The number of thiazole rings is 2. The van der Waals surface area contributed by atoms with Gasteiger partial charge in [0.05, 0.1) is 31.8 Å². The second-order valence-corrected chi connectivity index (χ2v) is 12.0. The Morgan fingerprint density at radius 1 is 0.756 bits per heavy atom. The van der Waals surface area contributed by atoms with Crippen LogP contribution in [0.15, 0.2) is 103 Å². The zero-order valence-electron chi connectivity index (χ0n) is 21.9. The smallest absolute Gasteiger partial charge is 0.213 e. The fourth-order valence-corrected chi connectivity index (χ4v) is 7.58. The molecule has 1 atom stereocenters. The van der Waals surface area contributed by atoms with Gasteiger partial charge in [-0.25, -0.2) is 14.4 Å². The first-order chi connectivity index (χ1) is 20.1. The quantitative estimate of drug-likeness (QED) is 0.230. The lowest BCUT2D eigenvalue weighted by atomic mass is 9.80. The van der Waals surface area contributed by atoms with Gasteiger partial charge >= 0.3 is 0 Å². The van der Waals surface area contributed by atoms with E-state index < -0.39 is 0 Å². The number of rotatable bonds is 4. The summed E-state index contributed by atoms with van der Waals surface area (Å²) in [5.41, 5.74) is 7.82. The molecule has 1 aliphatic heterocycles. The Morgan fingerprint density at radius 3 is 2.12 bits per heavy atom. The lowest BCUT2D eigenvalue weighted by molar-refractivity contribution is 0.627. The van der Waals surface area contributed by atoms with Crippen molar-refractivity contribution in [2.45, 2.75) is 12.8 Å². The maximum atomic E-state index is 14.2. The molecule has 0 aliphatic carbocycles. The van der Waals surface area contributed by atoms with E-state index in [0.29, 0.717) is 0 Å². The lowest BCUT2D eigenvalue weighted by Gasteiger charge is -2.30. The molecule has 0 bridgehead atoms. The van der Waals surface area contributed by atoms with Gasteiger partial charge in [0.25, 0.3) is 0 Å². The molecule has 1 unspecified atom stereocenters. The summed E-state index contributed by atoms with van der Waals surface area (Å²) in [7, 11) is 0. The van der Waals surface area contributed by atoms with Crippen LogP contribution in [0.4, 0.5) is 10.2 Å². The zero-order chi connectivity index (χ0) is 27.5. The molecule has 0 amide bonds. The number of nitrogens with zero attached hydrogens (tertiary/aromatic N) is 4. The Kier molecular flexibility index (Phi) is 5.58. The number of aryl methyl sites for hydroxylation is 1. The molecule has 41 heavy (non-hydrogen) atoms. The second kappa shape index (κ2) is 9.47. The Bertz CT molecular complexity index is 2040. The molecule has 8 rings (SSSR count). The number of aromatic nitrogens is 4. The van der Waals surface area contributed by atoms with Gasteiger partial charge in [0, 0.05) is 17.1 Å². The van der Waals surface area contributed by atoms with Crippen LogP contribution in [0, 0.1) is 12.7 Å². The van der Waals surface area contributed by atoms with Gasteiger partial charge in [-0.05, 0) is 54.4 Å². The minimum absolute atomic E-state index is 0.231. The number of para-hydroxylation sites is 2. The molecule has 4 aromatic carbocycles. The van der Waals surface area contributed by atoms with Crippen LogP contribution in [0.1, 0.15) is 33.3 Å². The van der Waals surface area contributed by atoms with Crippen LogP contribution in [0.2, 0.25) is 0 Å². The van der Waals surface area contributed by atoms with Crippen molar-refractivity contribution < 1.29 is 4.39 Å². The number of nitrogens with one attached hydrogen (secondary N) is 1. The van der Waals surface area contributed by atoms with Crippen LogP contribution >= 0.6 is 22.7 Å². The van der Waals surface area contributed by atoms with Gasteiger partial charge in [-0.15, -0.1) is 11.3 Å². The normalized spacial score (nSPS) is 14.9. The van der Waals surface area contributed by atoms with Gasteiger partial charge in [0.1, 0.15) is 16.6 Å². The van der Waals surface area contributed by atoms with E-state index >= 15 is 0 Å². The standard InChI is InChI=1S/C33H22FN5S2/c1-19-27-28(20-15-17-22(34)18-16-20)29(32-35-23-11-5-7-13-25(23)40-32)30(21-9-3-2-4-10-21)37-31(27)39(38-19)33-36-24-12-6-8-14-26(24)41-33/h2-18,28,37H,1H3. The van der Waals surface area contributed by atoms with E-state index in [4.69, 9.17) is 15.1 Å². The van der Waals surface area contributed by atoms with Crippen molar-refractivity contribution in [2.75, 3.05) is 5.32 Å². The molecule has 4 heterocycles. The minimum Gasteiger partial charge on any atom is -0.339 e. The van der Waals surface area contributed by atoms with Crippen molar-refractivity contribution in [3.8, 4) is 5.13 Å². The number of hydrogen-bond donors (Lipinski definition) is 1. The zero-order valence-corrected chi connectivity index (χ0v) is 23.5. The highest BCUT2D eigenvalue weighted by Crippen LogP contribution is 2.51. The fraction of sp³-hybridized carbons (Fsp3) is 0.0606. The summed E-state index contributed by atoms with van der Waals surface area (Å²) in [6.07, 6.45) is 0. The van der Waals surface area contributed by atoms with E-state index in [1.807, 2.05) is 78.3 Å². The van der Waals surface area contributed by atoms with Crippen LogP contribution in [-0.4, -0.2) is 19.7 Å². The molecule has 8 heteroatoms. The number of hydrogen-bond acceptors (Lipinski definition) is 6. The average molecular weight is 572 g/mol. The van der Waals surface area contributed by atoms with Crippen LogP contribution in [0.3, 0.4) is 0 Å². The number of halogens is 1. The predicted molar refractivity (Wildman–Crippen MR) is 166 cm³/mol. The van der Waals surface area contributed by atoms with Crippen LogP contribution < -0.4 is 5.32 Å². The third-order valence-electron chi connectivity index (χ3n) is 7.45. The Labute approximate surface area is 243 Å². The largest absolute Gasteiger partial charge is 0.339 e. The van der Waals surface area contributed by atoms with Crippen molar-refractivity contribution in [3.05, 3.63) is 136 Å². The molecule has 0 spiro atoms. The van der Waals surface area contributed by atoms with Crippen molar-refractivity contribution in [3.63, 3.8) is 0 Å². The number of benzene rings is 4. The highest BCUT2D eigenvalue weighted by Gasteiger charge is 2.37. The fourth-order valence-electron chi connectivity index (χ4n) is 5.61. The highest BCUT2D eigenvalue weighted by atomic mass is 32.1. The topological polar surface area (TPSA) is 55.6 Å². The van der Waals surface area contributed by atoms with E-state index in [9.17, 15) is 4.39 Å². The highest BCUT2D eigenvalue weighted by molar-refractivity contribution is 7.20. The average Bonchev–Trinajstić information content (AvgIpc) is 3.72. The summed E-state index contributed by atoms with van der Waals surface area (Å²) in [4.78, 5) is 10.0. The summed E-state index contributed by atoms with van der Waals surface area (Å²) in [6.45, 7) is 2.03. The van der Waals surface area contributed by atoms with Crippen molar-refractivity contribution in [2.24, 2.45) is 0 Å². The van der Waals surface area contributed by atoms with E-state index in [0.717, 1.165) is 70.0 Å². The molecule has 3 aromatic heterocycles. The molecule has 198 valence electrons. The number of allylic oxidation sites excluding steroid dienone is 1. The third kappa shape index (κ3) is 3.98. The van der Waals surface area contributed by atoms with Crippen molar-refractivity contribution >= 4 is 60.2 Å². The Morgan fingerprint density at radius 2 is 1.41 bits per heavy atom. The number of anilines is 1. The predicted octanol–water partition coefficient (Wildman–Crippen LogP) is 8.67. The number of fused-ring (bicyclic) bond motifs is 3. The maximum Gasteiger partial charge on any atom is 0.213 e. The monoisotopic (exact) mass is 571 g/mol. The molecule has 0 radical (unpaired) electrons. The molecule has 0 fully saturated rings. The molecule has 1 N–H and O–H groups in total. The first-order valence-corrected chi connectivity index (χ1v) is 14.9. The second-order valence-electron chi connectivity index (χ2n) is 9.97. The molecular weight excluding hydrogens is 550 g/mol. The maximum absolute atomic E-state index is 14.2. The first kappa shape index (κ1) is 24.2. The molecule has 7 aromatic rings. The summed E-state index contributed by atoms with van der Waals surface area (Å²) < 4.78 is 18.3. The molecule has 1 aliphatic rings. The molecular formula is C33H22FN5S2. The van der Waals surface area contributed by atoms with E-state index in [1.165, 1.54) is 12.1 Å². The lowest BCUT2D eigenvalue weighted by Crippen LogP contribution is -2.19. The molecule has 0 saturated heterocycles. The Hall–Kier alpha value is -4.66.